The molecule has 3 N–H and O–H groups in total. The third-order valence-electron chi connectivity index (χ3n) is 6.70. The van der Waals surface area contributed by atoms with Crippen molar-refractivity contribution in [3.8, 4) is 11.1 Å². The molecule has 0 spiro atoms. The number of piperidine rings is 1. The zero-order valence-electron chi connectivity index (χ0n) is 21.6. The molecule has 0 saturated carbocycles. The molecule has 1 saturated heterocycles. The Morgan fingerprint density at radius 1 is 0.974 bits per heavy atom. The van der Waals surface area contributed by atoms with Crippen LogP contribution in [0.2, 0.25) is 0 Å². The van der Waals surface area contributed by atoms with E-state index >= 15 is 0 Å². The van der Waals surface area contributed by atoms with Gasteiger partial charge in [-0.1, -0.05) is 48.5 Å². The number of nitrogens with zero attached hydrogens (tertiary/aromatic N) is 1. The maximum absolute atomic E-state index is 12.8. The van der Waals surface area contributed by atoms with Gasteiger partial charge in [0.15, 0.2) is 0 Å². The molecular weight excluding hydrogens is 546 g/mol. The number of rotatable bonds is 9. The molecule has 1 aliphatic heterocycles. The summed E-state index contributed by atoms with van der Waals surface area (Å²) < 4.78 is 6.45. The Morgan fingerprint density at radius 2 is 1.71 bits per heavy atom. The predicted octanol–water partition coefficient (Wildman–Crippen LogP) is 6.21. The first-order valence-electron chi connectivity index (χ1n) is 12.9. The van der Waals surface area contributed by atoms with Crippen LogP contribution in [0.5, 0.6) is 0 Å². The first-order valence-corrected chi connectivity index (χ1v) is 13.7. The summed E-state index contributed by atoms with van der Waals surface area (Å²) in [7, 11) is 2.08. The quantitative estimate of drug-likeness (QED) is 0.280. The molecule has 38 heavy (non-hydrogen) atoms. The second kappa shape index (κ2) is 13.6. The van der Waals surface area contributed by atoms with Crippen LogP contribution in [-0.2, 0) is 22.6 Å². The van der Waals surface area contributed by atoms with Crippen LogP contribution in [0.4, 0.5) is 16.2 Å². The number of aryl methyl sites for hydroxylation is 1. The van der Waals surface area contributed by atoms with Crippen LogP contribution in [-0.4, -0.2) is 48.2 Å². The molecule has 2 amide bonds. The van der Waals surface area contributed by atoms with E-state index in [2.05, 4.69) is 38.5 Å². The van der Waals surface area contributed by atoms with Gasteiger partial charge in [0.1, 0.15) is 6.10 Å². The Morgan fingerprint density at radius 3 is 2.42 bits per heavy atom. The number of halogens is 1. The van der Waals surface area contributed by atoms with Gasteiger partial charge in [0, 0.05) is 29.5 Å². The van der Waals surface area contributed by atoms with E-state index in [1.807, 2.05) is 48.5 Å². The number of ether oxygens (including phenoxy) is 1. The van der Waals surface area contributed by atoms with Crippen molar-refractivity contribution in [1.29, 1.82) is 0 Å². The summed E-state index contributed by atoms with van der Waals surface area (Å²) in [6, 6.07) is 21.3. The number of aliphatic hydroxyl groups excluding tert-OH is 1. The maximum atomic E-state index is 12.8. The number of benzene rings is 3. The average molecular weight is 581 g/mol. The normalized spacial score (nSPS) is 14.2. The summed E-state index contributed by atoms with van der Waals surface area (Å²) in [6.07, 6.45) is 2.85. The Hall–Kier alpha value is -3.20. The molecule has 0 aliphatic carbocycles. The van der Waals surface area contributed by atoms with Crippen molar-refractivity contribution in [3.05, 3.63) is 82.3 Å². The van der Waals surface area contributed by atoms with E-state index in [0.717, 1.165) is 52.7 Å². The molecule has 3 aromatic carbocycles. The molecule has 0 atom stereocenters. The summed E-state index contributed by atoms with van der Waals surface area (Å²) in [6.45, 7) is 1.78. The molecular formula is C30H34BrN3O4. The van der Waals surface area contributed by atoms with Gasteiger partial charge in [-0.3, -0.25) is 10.1 Å². The minimum Gasteiger partial charge on any atom is -0.446 e. The number of hydrogen-bond donors (Lipinski definition) is 3. The standard InChI is InChI=1S/C30H34BrN3O4/c1-34-16-14-24(15-17-34)38-30(37)33-28-19-21(10-12-25(28)23-7-3-2-4-8-23)6-5-9-29(36)32-27-13-11-22(20-35)18-26(27)31/h2-4,7-8,10-13,18-19,24,35H,5-6,9,14-17,20H2,1H3,(H,32,36)(H,33,37). The van der Waals surface area contributed by atoms with Gasteiger partial charge >= 0.3 is 6.09 Å². The summed E-state index contributed by atoms with van der Waals surface area (Å²) in [5, 5.41) is 15.1. The van der Waals surface area contributed by atoms with Crippen molar-refractivity contribution < 1.29 is 19.4 Å². The second-order valence-corrected chi connectivity index (χ2v) is 10.5. The van der Waals surface area contributed by atoms with Crippen molar-refractivity contribution in [2.75, 3.05) is 30.8 Å². The molecule has 7 nitrogen and oxygen atoms in total. The number of aliphatic hydroxyl groups is 1. The Balaban J connectivity index is 1.38. The van der Waals surface area contributed by atoms with Crippen molar-refractivity contribution in [3.63, 3.8) is 0 Å². The zero-order chi connectivity index (χ0) is 26.9. The minimum absolute atomic E-state index is 0.0529. The number of carbonyl (C=O) groups excluding carboxylic acids is 2. The lowest BCUT2D eigenvalue weighted by Crippen LogP contribution is -2.36. The number of likely N-dealkylation sites (tertiary alicyclic amines) is 1. The van der Waals surface area contributed by atoms with Crippen molar-refractivity contribution in [1.82, 2.24) is 4.90 Å². The molecule has 0 bridgehead atoms. The van der Waals surface area contributed by atoms with Gasteiger partial charge in [-0.25, -0.2) is 4.79 Å². The number of amides is 2. The number of carbonyl (C=O) groups is 2. The molecule has 1 fully saturated rings. The zero-order valence-corrected chi connectivity index (χ0v) is 23.2. The Kier molecular flexibility index (Phi) is 9.92. The lowest BCUT2D eigenvalue weighted by molar-refractivity contribution is -0.116. The third-order valence-corrected chi connectivity index (χ3v) is 7.36. The highest BCUT2D eigenvalue weighted by Gasteiger charge is 2.21. The fourth-order valence-electron chi connectivity index (χ4n) is 4.54. The fraction of sp³-hybridized carbons (Fsp3) is 0.333. The smallest absolute Gasteiger partial charge is 0.411 e. The highest BCUT2D eigenvalue weighted by molar-refractivity contribution is 9.10. The third kappa shape index (κ3) is 7.90. The Labute approximate surface area is 232 Å². The van der Waals surface area contributed by atoms with E-state index in [-0.39, 0.29) is 18.6 Å². The molecule has 1 aliphatic rings. The number of hydrogen-bond acceptors (Lipinski definition) is 5. The second-order valence-electron chi connectivity index (χ2n) is 9.65. The largest absolute Gasteiger partial charge is 0.446 e. The SMILES string of the molecule is CN1CCC(OC(=O)Nc2cc(CCCC(=O)Nc3ccc(CO)cc3Br)ccc2-c2ccccc2)CC1. The van der Waals surface area contributed by atoms with E-state index in [1.54, 1.807) is 18.2 Å². The van der Waals surface area contributed by atoms with E-state index < -0.39 is 6.09 Å². The van der Waals surface area contributed by atoms with Gasteiger partial charge < -0.3 is 20.1 Å². The van der Waals surface area contributed by atoms with E-state index in [4.69, 9.17) is 4.74 Å². The van der Waals surface area contributed by atoms with E-state index in [9.17, 15) is 14.7 Å². The van der Waals surface area contributed by atoms with Crippen LogP contribution in [0, 0.1) is 0 Å². The van der Waals surface area contributed by atoms with Crippen LogP contribution >= 0.6 is 15.9 Å². The van der Waals surface area contributed by atoms with Gasteiger partial charge in [0.2, 0.25) is 5.91 Å². The summed E-state index contributed by atoms with van der Waals surface area (Å²) in [5.41, 5.74) is 5.10. The van der Waals surface area contributed by atoms with Crippen LogP contribution in [0.15, 0.2) is 71.2 Å². The van der Waals surface area contributed by atoms with Crippen molar-refractivity contribution >= 4 is 39.3 Å². The summed E-state index contributed by atoms with van der Waals surface area (Å²) in [5.74, 6) is -0.0802. The average Bonchev–Trinajstić information content (AvgIpc) is 2.92. The molecule has 1 heterocycles. The first kappa shape index (κ1) is 27.8. The van der Waals surface area contributed by atoms with Gasteiger partial charge in [-0.05, 0) is 83.6 Å². The first-order chi connectivity index (χ1) is 18.4. The molecule has 0 radical (unpaired) electrons. The van der Waals surface area contributed by atoms with Crippen LogP contribution in [0.25, 0.3) is 11.1 Å². The Bertz CT molecular complexity index is 1240. The van der Waals surface area contributed by atoms with Crippen molar-refractivity contribution in [2.45, 2.75) is 44.8 Å². The van der Waals surface area contributed by atoms with Crippen LogP contribution < -0.4 is 10.6 Å². The highest BCUT2D eigenvalue weighted by Crippen LogP contribution is 2.30. The topological polar surface area (TPSA) is 90.9 Å². The van der Waals surface area contributed by atoms with Crippen LogP contribution in [0.3, 0.4) is 0 Å². The highest BCUT2D eigenvalue weighted by atomic mass is 79.9. The fourth-order valence-corrected chi connectivity index (χ4v) is 5.06. The molecule has 0 unspecified atom stereocenters. The molecule has 0 aromatic heterocycles. The molecule has 8 heteroatoms. The lowest BCUT2D eigenvalue weighted by Gasteiger charge is -2.28. The van der Waals surface area contributed by atoms with Gasteiger partial charge in [-0.2, -0.15) is 0 Å². The van der Waals surface area contributed by atoms with Crippen LogP contribution in [0.1, 0.15) is 36.8 Å². The summed E-state index contributed by atoms with van der Waals surface area (Å²) >= 11 is 3.44. The number of nitrogens with one attached hydrogen (secondary N) is 2. The van der Waals surface area contributed by atoms with Gasteiger partial charge in [-0.15, -0.1) is 0 Å². The molecule has 3 aromatic rings. The monoisotopic (exact) mass is 579 g/mol. The van der Waals surface area contributed by atoms with E-state index in [1.165, 1.54) is 0 Å². The molecule has 4 rings (SSSR count). The summed E-state index contributed by atoms with van der Waals surface area (Å²) in [4.78, 5) is 27.5. The predicted molar refractivity (Wildman–Crippen MR) is 154 cm³/mol. The lowest BCUT2D eigenvalue weighted by atomic mass is 9.99. The van der Waals surface area contributed by atoms with Crippen molar-refractivity contribution in [2.24, 2.45) is 0 Å². The number of anilines is 2. The molecule has 200 valence electrons. The van der Waals surface area contributed by atoms with E-state index in [0.29, 0.717) is 30.6 Å². The maximum Gasteiger partial charge on any atom is 0.411 e. The van der Waals surface area contributed by atoms with Gasteiger partial charge in [0.05, 0.1) is 18.0 Å². The minimum atomic E-state index is -0.439. The van der Waals surface area contributed by atoms with Gasteiger partial charge in [0.25, 0.3) is 0 Å².